The van der Waals surface area contributed by atoms with Crippen LogP contribution < -0.4 is 5.32 Å². The highest BCUT2D eigenvalue weighted by atomic mass is 35.5. The minimum atomic E-state index is -4.30. The largest absolute Gasteiger partial charge is 0.411 e. The Morgan fingerprint density at radius 1 is 1.39 bits per heavy atom. The highest BCUT2D eigenvalue weighted by Gasteiger charge is 2.28. The molecule has 102 valence electrons. The van der Waals surface area contributed by atoms with Gasteiger partial charge in [-0.1, -0.05) is 23.7 Å². The Kier molecular flexibility index (Phi) is 5.44. The molecule has 0 saturated carbocycles. The van der Waals surface area contributed by atoms with E-state index in [0.29, 0.717) is 5.02 Å². The minimum Gasteiger partial charge on any atom is -0.370 e. The van der Waals surface area contributed by atoms with Crippen molar-refractivity contribution in [3.63, 3.8) is 0 Å². The normalized spacial score (nSPS) is 13.7. The fraction of sp³-hybridized carbons (Fsp3) is 0.500. The van der Waals surface area contributed by atoms with Crippen LogP contribution in [0.1, 0.15) is 17.2 Å². The first-order chi connectivity index (χ1) is 8.33. The Morgan fingerprint density at radius 3 is 2.56 bits per heavy atom. The maximum absolute atomic E-state index is 12.0. The lowest BCUT2D eigenvalue weighted by molar-refractivity contribution is -0.175. The third-order valence-electron chi connectivity index (χ3n) is 2.50. The van der Waals surface area contributed by atoms with Gasteiger partial charge in [-0.3, -0.25) is 0 Å². The molecular weight excluding hydrogens is 267 g/mol. The molecule has 1 unspecified atom stereocenters. The van der Waals surface area contributed by atoms with E-state index in [-0.39, 0.29) is 12.6 Å². The van der Waals surface area contributed by atoms with E-state index in [1.54, 1.807) is 13.1 Å². The van der Waals surface area contributed by atoms with Gasteiger partial charge in [-0.15, -0.1) is 0 Å². The third-order valence-corrected chi connectivity index (χ3v) is 2.90. The van der Waals surface area contributed by atoms with Gasteiger partial charge in [-0.25, -0.2) is 0 Å². The van der Waals surface area contributed by atoms with Crippen molar-refractivity contribution in [2.24, 2.45) is 0 Å². The van der Waals surface area contributed by atoms with E-state index in [1.165, 1.54) is 0 Å². The average Bonchev–Trinajstić information content (AvgIpc) is 2.27. The fourth-order valence-corrected chi connectivity index (χ4v) is 1.65. The molecule has 0 aliphatic carbocycles. The van der Waals surface area contributed by atoms with Gasteiger partial charge in [0.15, 0.2) is 0 Å². The van der Waals surface area contributed by atoms with Gasteiger partial charge < -0.3 is 10.1 Å². The fourth-order valence-electron chi connectivity index (χ4n) is 1.46. The van der Waals surface area contributed by atoms with Gasteiger partial charge in [-0.05, 0) is 31.2 Å². The predicted octanol–water partition coefficient (Wildman–Crippen LogP) is 3.49. The SMILES string of the molecule is CNC(COCC(F)(F)F)c1ccc(C)c(Cl)c1. The quantitative estimate of drug-likeness (QED) is 0.892. The zero-order valence-corrected chi connectivity index (χ0v) is 10.9. The monoisotopic (exact) mass is 281 g/mol. The molecule has 2 nitrogen and oxygen atoms in total. The summed E-state index contributed by atoms with van der Waals surface area (Å²) >= 11 is 5.97. The van der Waals surface area contributed by atoms with E-state index in [4.69, 9.17) is 11.6 Å². The average molecular weight is 282 g/mol. The molecule has 0 aromatic heterocycles. The van der Waals surface area contributed by atoms with Crippen molar-refractivity contribution in [1.29, 1.82) is 0 Å². The molecule has 0 bridgehead atoms. The van der Waals surface area contributed by atoms with Crippen LogP contribution in [0.4, 0.5) is 13.2 Å². The zero-order chi connectivity index (χ0) is 13.8. The molecule has 0 aliphatic heterocycles. The molecule has 0 amide bonds. The Balaban J connectivity index is 2.63. The molecule has 0 saturated heterocycles. The summed E-state index contributed by atoms with van der Waals surface area (Å²) < 4.78 is 40.5. The van der Waals surface area contributed by atoms with Crippen LogP contribution in [0, 0.1) is 6.92 Å². The first-order valence-electron chi connectivity index (χ1n) is 5.41. The van der Waals surface area contributed by atoms with Crippen molar-refractivity contribution < 1.29 is 17.9 Å². The predicted molar refractivity (Wildman–Crippen MR) is 64.9 cm³/mol. The van der Waals surface area contributed by atoms with Crippen molar-refractivity contribution in [1.82, 2.24) is 5.32 Å². The molecule has 1 atom stereocenters. The molecule has 18 heavy (non-hydrogen) atoms. The highest BCUT2D eigenvalue weighted by Crippen LogP contribution is 2.22. The first kappa shape index (κ1) is 15.3. The van der Waals surface area contributed by atoms with Gasteiger partial charge >= 0.3 is 6.18 Å². The summed E-state index contributed by atoms with van der Waals surface area (Å²) in [6.07, 6.45) is -4.30. The molecule has 0 heterocycles. The van der Waals surface area contributed by atoms with Gasteiger partial charge in [0, 0.05) is 5.02 Å². The number of hydrogen-bond acceptors (Lipinski definition) is 2. The van der Waals surface area contributed by atoms with Gasteiger partial charge in [0.25, 0.3) is 0 Å². The maximum Gasteiger partial charge on any atom is 0.411 e. The van der Waals surface area contributed by atoms with Crippen molar-refractivity contribution in [2.45, 2.75) is 19.1 Å². The summed E-state index contributed by atoms with van der Waals surface area (Å²) in [4.78, 5) is 0. The molecule has 1 aromatic rings. The van der Waals surface area contributed by atoms with Gasteiger partial charge in [0.05, 0.1) is 12.6 Å². The lowest BCUT2D eigenvalue weighted by atomic mass is 10.1. The summed E-state index contributed by atoms with van der Waals surface area (Å²) in [7, 11) is 1.66. The lowest BCUT2D eigenvalue weighted by Gasteiger charge is -2.18. The number of ether oxygens (including phenoxy) is 1. The van der Waals surface area contributed by atoms with Crippen LogP contribution in [0.2, 0.25) is 5.02 Å². The van der Waals surface area contributed by atoms with E-state index in [1.807, 2.05) is 19.1 Å². The van der Waals surface area contributed by atoms with E-state index >= 15 is 0 Å². The number of aryl methyl sites for hydroxylation is 1. The summed E-state index contributed by atoms with van der Waals surface area (Å²) in [6.45, 7) is 0.556. The van der Waals surface area contributed by atoms with E-state index in [2.05, 4.69) is 10.1 Å². The molecule has 1 aromatic carbocycles. The van der Waals surface area contributed by atoms with Crippen LogP contribution in [0.25, 0.3) is 0 Å². The number of alkyl halides is 3. The summed E-state index contributed by atoms with van der Waals surface area (Å²) in [5.74, 6) is 0. The number of halogens is 4. The van der Waals surface area contributed by atoms with Gasteiger partial charge in [0.2, 0.25) is 0 Å². The summed E-state index contributed by atoms with van der Waals surface area (Å²) in [6, 6.07) is 5.06. The van der Waals surface area contributed by atoms with Crippen LogP contribution in [0.15, 0.2) is 18.2 Å². The number of rotatable bonds is 5. The van der Waals surface area contributed by atoms with Crippen LogP contribution in [0.5, 0.6) is 0 Å². The van der Waals surface area contributed by atoms with Crippen LogP contribution >= 0.6 is 11.6 Å². The summed E-state index contributed by atoms with van der Waals surface area (Å²) in [5, 5.41) is 3.49. The Labute approximate surface area is 109 Å². The Morgan fingerprint density at radius 2 is 2.06 bits per heavy atom. The first-order valence-corrected chi connectivity index (χ1v) is 5.79. The van der Waals surface area contributed by atoms with E-state index < -0.39 is 12.8 Å². The van der Waals surface area contributed by atoms with Gasteiger partial charge in [0.1, 0.15) is 6.61 Å². The lowest BCUT2D eigenvalue weighted by Crippen LogP contribution is -2.25. The molecule has 1 N–H and O–H groups in total. The molecule has 0 fully saturated rings. The van der Waals surface area contributed by atoms with Crippen LogP contribution in [-0.2, 0) is 4.74 Å². The zero-order valence-electron chi connectivity index (χ0n) is 10.1. The molecule has 0 radical (unpaired) electrons. The van der Waals surface area contributed by atoms with Crippen LogP contribution in [0.3, 0.4) is 0 Å². The standard InChI is InChI=1S/C12H15ClF3NO/c1-8-3-4-9(5-10(8)13)11(17-2)6-18-7-12(14,15)16/h3-5,11,17H,6-7H2,1-2H3. The second-order valence-electron chi connectivity index (χ2n) is 3.98. The summed E-state index contributed by atoms with van der Waals surface area (Å²) in [5.41, 5.74) is 1.72. The van der Waals surface area contributed by atoms with E-state index in [0.717, 1.165) is 11.1 Å². The maximum atomic E-state index is 12.0. The number of likely N-dealkylation sites (N-methyl/N-ethyl adjacent to an activating group) is 1. The minimum absolute atomic E-state index is 0.0601. The van der Waals surface area contributed by atoms with Gasteiger partial charge in [-0.2, -0.15) is 13.2 Å². The highest BCUT2D eigenvalue weighted by molar-refractivity contribution is 6.31. The van der Waals surface area contributed by atoms with Crippen LogP contribution in [-0.4, -0.2) is 26.4 Å². The smallest absolute Gasteiger partial charge is 0.370 e. The number of nitrogens with one attached hydrogen (secondary N) is 1. The van der Waals surface area contributed by atoms with Crippen molar-refractivity contribution in [2.75, 3.05) is 20.3 Å². The molecule has 0 aliphatic rings. The topological polar surface area (TPSA) is 21.3 Å². The molecule has 1 rings (SSSR count). The molecule has 0 spiro atoms. The Bertz CT molecular complexity index is 395. The number of hydrogen-bond donors (Lipinski definition) is 1. The van der Waals surface area contributed by atoms with Crippen molar-refractivity contribution in [3.05, 3.63) is 34.3 Å². The van der Waals surface area contributed by atoms with E-state index in [9.17, 15) is 13.2 Å². The second-order valence-corrected chi connectivity index (χ2v) is 4.39. The second kappa shape index (κ2) is 6.41. The number of benzene rings is 1. The third kappa shape index (κ3) is 4.84. The molecule has 6 heteroatoms. The van der Waals surface area contributed by atoms with Crippen molar-refractivity contribution in [3.8, 4) is 0 Å². The molecular formula is C12H15ClF3NO. The van der Waals surface area contributed by atoms with Crippen molar-refractivity contribution >= 4 is 11.6 Å². The Hall–Kier alpha value is -0.780.